The Bertz CT molecular complexity index is 1160. The van der Waals surface area contributed by atoms with E-state index < -0.39 is 11.7 Å². The van der Waals surface area contributed by atoms with Crippen LogP contribution in [0.1, 0.15) is 36.8 Å². The molecular weight excluding hydrogens is 467 g/mol. The molecule has 0 atom stereocenters. The van der Waals surface area contributed by atoms with Crippen molar-refractivity contribution in [3.8, 4) is 11.6 Å². The zero-order chi connectivity index (χ0) is 24.1. The fourth-order valence-corrected chi connectivity index (χ4v) is 4.01. The molecule has 0 bridgehead atoms. The number of alkyl halides is 3. The number of anilines is 1. The summed E-state index contributed by atoms with van der Waals surface area (Å²) in [5, 5.41) is 0. The number of benzene rings is 1. The fraction of sp³-hybridized carbons (Fsp3) is 0.240. The van der Waals surface area contributed by atoms with E-state index in [2.05, 4.69) is 9.97 Å². The molecule has 1 fully saturated rings. The molecule has 1 aliphatic rings. The Morgan fingerprint density at radius 3 is 2.53 bits per heavy atom. The summed E-state index contributed by atoms with van der Waals surface area (Å²) < 4.78 is 44.8. The molecule has 3 aromatic rings. The van der Waals surface area contributed by atoms with Crippen molar-refractivity contribution in [2.45, 2.75) is 31.9 Å². The van der Waals surface area contributed by atoms with Crippen LogP contribution in [-0.2, 0) is 11.0 Å². The normalized spacial score (nSPS) is 16.1. The van der Waals surface area contributed by atoms with Crippen LogP contribution in [0.25, 0.3) is 6.08 Å². The molecule has 4 rings (SSSR count). The maximum atomic E-state index is 12.7. The van der Waals surface area contributed by atoms with Crippen LogP contribution in [0, 0.1) is 5.92 Å². The maximum absolute atomic E-state index is 12.7. The van der Waals surface area contributed by atoms with Crippen LogP contribution < -0.4 is 9.16 Å². The van der Waals surface area contributed by atoms with Gasteiger partial charge in [0.1, 0.15) is 5.75 Å². The number of hydrogen-bond acceptors (Lipinski definition) is 4. The van der Waals surface area contributed by atoms with E-state index in [4.69, 9.17) is 16.5 Å². The number of amides is 1. The minimum atomic E-state index is -4.44. The first-order valence-corrected chi connectivity index (χ1v) is 11.0. The van der Waals surface area contributed by atoms with Crippen molar-refractivity contribution < 1.29 is 22.7 Å². The van der Waals surface area contributed by atoms with Crippen LogP contribution in [-0.4, -0.2) is 15.9 Å². The van der Waals surface area contributed by atoms with Crippen molar-refractivity contribution in [3.63, 3.8) is 0 Å². The van der Waals surface area contributed by atoms with E-state index in [0.717, 1.165) is 35.1 Å². The van der Waals surface area contributed by atoms with Gasteiger partial charge in [-0.15, -0.1) is 0 Å². The van der Waals surface area contributed by atoms with Crippen LogP contribution in [0.4, 0.5) is 18.9 Å². The molecule has 0 aliphatic heterocycles. The molecule has 176 valence electrons. The summed E-state index contributed by atoms with van der Waals surface area (Å²) in [7, 11) is 0. The maximum Gasteiger partial charge on any atom is 0.417 e. The Hall–Kier alpha value is -3.39. The number of carbonyl (C=O) groups is 1. The van der Waals surface area contributed by atoms with Gasteiger partial charge in [0, 0.05) is 36.2 Å². The second kappa shape index (κ2) is 10.3. The molecule has 9 heteroatoms. The summed E-state index contributed by atoms with van der Waals surface area (Å²) in [4.78, 5) is 20.5. The van der Waals surface area contributed by atoms with E-state index in [0.29, 0.717) is 24.3 Å². The molecule has 1 aliphatic carbocycles. The van der Waals surface area contributed by atoms with Crippen LogP contribution in [0.2, 0.25) is 0 Å². The molecule has 0 radical (unpaired) electrons. The summed E-state index contributed by atoms with van der Waals surface area (Å²) in [6.07, 6.45) is 4.44. The predicted octanol–water partition coefficient (Wildman–Crippen LogP) is 7.05. The summed E-state index contributed by atoms with van der Waals surface area (Å²) >= 11 is 6.23. The van der Waals surface area contributed by atoms with Gasteiger partial charge in [0.25, 0.3) is 0 Å². The first-order valence-electron chi connectivity index (χ1n) is 10.7. The zero-order valence-corrected chi connectivity index (χ0v) is 18.8. The highest BCUT2D eigenvalue weighted by atomic mass is 35.5. The number of halogens is 4. The topological polar surface area (TPSA) is 55.3 Å². The molecule has 2 heterocycles. The SMILES string of the molecule is O=C(C1CCC(=Cc2cccc(Oc3ccc(C(F)(F)F)cn3)c2)CC1)N(Cl)c1cccnc1. The molecule has 0 N–H and O–H groups in total. The van der Waals surface area contributed by atoms with Gasteiger partial charge in [-0.25, -0.2) is 9.40 Å². The number of hydrogen-bond donors (Lipinski definition) is 0. The molecule has 5 nitrogen and oxygen atoms in total. The van der Waals surface area contributed by atoms with Crippen LogP contribution in [0.5, 0.6) is 11.6 Å². The van der Waals surface area contributed by atoms with Crippen LogP contribution in [0.3, 0.4) is 0 Å². The first kappa shape index (κ1) is 23.8. The number of ether oxygens (including phenoxy) is 1. The van der Waals surface area contributed by atoms with Gasteiger partial charge in [0.15, 0.2) is 0 Å². The average molecular weight is 488 g/mol. The van der Waals surface area contributed by atoms with Gasteiger partial charge < -0.3 is 4.74 Å². The lowest BCUT2D eigenvalue weighted by Gasteiger charge is -2.26. The third-order valence-electron chi connectivity index (χ3n) is 5.56. The van der Waals surface area contributed by atoms with Crippen molar-refractivity contribution in [3.05, 3.63) is 83.8 Å². The van der Waals surface area contributed by atoms with Crippen molar-refractivity contribution in [2.75, 3.05) is 4.42 Å². The highest BCUT2D eigenvalue weighted by Crippen LogP contribution is 2.33. The van der Waals surface area contributed by atoms with Crippen LogP contribution >= 0.6 is 11.8 Å². The largest absolute Gasteiger partial charge is 0.439 e. The number of pyridine rings is 2. The summed E-state index contributed by atoms with van der Waals surface area (Å²) in [5.74, 6) is 0.263. The summed E-state index contributed by atoms with van der Waals surface area (Å²) in [6.45, 7) is 0. The van der Waals surface area contributed by atoms with E-state index in [-0.39, 0.29) is 17.7 Å². The Kier molecular flexibility index (Phi) is 7.17. The van der Waals surface area contributed by atoms with Crippen molar-refractivity contribution in [1.29, 1.82) is 0 Å². The van der Waals surface area contributed by atoms with Gasteiger partial charge in [-0.3, -0.25) is 9.78 Å². The molecule has 1 saturated carbocycles. The van der Waals surface area contributed by atoms with Crippen LogP contribution in [0.15, 0.2) is 72.7 Å². The predicted molar refractivity (Wildman–Crippen MR) is 123 cm³/mol. The third kappa shape index (κ3) is 5.94. The lowest BCUT2D eigenvalue weighted by Crippen LogP contribution is -2.30. The zero-order valence-electron chi connectivity index (χ0n) is 18.0. The smallest absolute Gasteiger partial charge is 0.417 e. The minimum Gasteiger partial charge on any atom is -0.439 e. The monoisotopic (exact) mass is 487 g/mol. The molecule has 1 aromatic carbocycles. The van der Waals surface area contributed by atoms with Gasteiger partial charge in [0.2, 0.25) is 11.8 Å². The van der Waals surface area contributed by atoms with E-state index in [1.165, 1.54) is 11.6 Å². The Labute approximate surface area is 200 Å². The molecule has 0 saturated heterocycles. The fourth-order valence-electron chi connectivity index (χ4n) is 3.77. The molecule has 0 unspecified atom stereocenters. The number of aromatic nitrogens is 2. The Balaban J connectivity index is 1.36. The number of rotatable bonds is 5. The average Bonchev–Trinajstić information content (AvgIpc) is 2.84. The molecular formula is C25H21ClF3N3O2. The molecule has 34 heavy (non-hydrogen) atoms. The van der Waals surface area contributed by atoms with Gasteiger partial charge in [-0.2, -0.15) is 13.2 Å². The minimum absolute atomic E-state index is 0.0797. The van der Waals surface area contributed by atoms with E-state index in [9.17, 15) is 18.0 Å². The van der Waals surface area contributed by atoms with Gasteiger partial charge in [-0.1, -0.05) is 23.8 Å². The van der Waals surface area contributed by atoms with Gasteiger partial charge in [0.05, 0.1) is 17.4 Å². The third-order valence-corrected chi connectivity index (χ3v) is 5.92. The first-order chi connectivity index (χ1) is 16.3. The van der Waals surface area contributed by atoms with Gasteiger partial charge in [-0.05, 0) is 61.6 Å². The highest BCUT2D eigenvalue weighted by molar-refractivity contribution is 6.36. The van der Waals surface area contributed by atoms with E-state index in [1.807, 2.05) is 12.1 Å². The molecule has 1 amide bonds. The lowest BCUT2D eigenvalue weighted by molar-refractivity contribution is -0.137. The quantitative estimate of drug-likeness (QED) is 0.362. The van der Waals surface area contributed by atoms with Crippen molar-refractivity contribution in [1.82, 2.24) is 9.97 Å². The van der Waals surface area contributed by atoms with Crippen molar-refractivity contribution >= 4 is 29.4 Å². The second-order valence-corrected chi connectivity index (χ2v) is 8.30. The number of allylic oxidation sites excluding steroid dienone is 1. The standard InChI is InChI=1S/C25H21ClF3N3O2/c26-32(21-4-2-12-30-16-21)24(33)19-8-6-17(7-9-19)13-18-3-1-5-22(14-18)34-23-11-10-20(15-31-23)25(27,28)29/h1-5,10-16,19H,6-9H2. The van der Waals surface area contributed by atoms with Gasteiger partial charge >= 0.3 is 6.18 Å². The Morgan fingerprint density at radius 1 is 1.09 bits per heavy atom. The summed E-state index contributed by atoms with van der Waals surface area (Å²) in [6, 6.07) is 12.8. The highest BCUT2D eigenvalue weighted by Gasteiger charge is 2.31. The van der Waals surface area contributed by atoms with Crippen molar-refractivity contribution in [2.24, 2.45) is 5.92 Å². The Morgan fingerprint density at radius 2 is 1.88 bits per heavy atom. The summed E-state index contributed by atoms with van der Waals surface area (Å²) in [5.41, 5.74) is 1.83. The molecule has 2 aromatic heterocycles. The second-order valence-electron chi connectivity index (χ2n) is 7.96. The number of nitrogens with zero attached hydrogens (tertiary/aromatic N) is 3. The lowest BCUT2D eigenvalue weighted by atomic mass is 9.84. The number of carbonyl (C=O) groups excluding carboxylic acids is 1. The molecule has 0 spiro atoms. The van der Waals surface area contributed by atoms with E-state index in [1.54, 1.807) is 42.7 Å². The van der Waals surface area contributed by atoms with E-state index >= 15 is 0 Å².